The molecule has 2 aromatic rings. The molecule has 1 unspecified atom stereocenters. The molecule has 0 aliphatic carbocycles. The van der Waals surface area contributed by atoms with E-state index in [0.717, 1.165) is 18.4 Å². The molecule has 2 aromatic carbocycles. The first-order valence-corrected chi connectivity index (χ1v) is 8.73. The Labute approximate surface area is 148 Å². The fraction of sp³-hybridized carbons (Fsp3) is 0.381. The third-order valence-electron chi connectivity index (χ3n) is 5.02. The van der Waals surface area contributed by atoms with Crippen LogP contribution >= 0.6 is 0 Å². The van der Waals surface area contributed by atoms with Crippen molar-refractivity contribution < 1.29 is 14.3 Å². The molecule has 0 bridgehead atoms. The average molecular weight is 341 g/mol. The number of rotatable bonds is 3. The van der Waals surface area contributed by atoms with Gasteiger partial charge in [0.2, 0.25) is 0 Å². The van der Waals surface area contributed by atoms with Crippen molar-refractivity contribution in [3.8, 4) is 11.1 Å². The van der Waals surface area contributed by atoms with Gasteiger partial charge in [-0.2, -0.15) is 0 Å². The van der Waals surface area contributed by atoms with Gasteiger partial charge in [-0.25, -0.2) is 4.39 Å². The molecule has 3 rings (SSSR count). The Hall–Kier alpha value is -2.20. The summed E-state index contributed by atoms with van der Waals surface area (Å²) in [5, 5.41) is 10.2. The summed E-state index contributed by atoms with van der Waals surface area (Å²) >= 11 is 0. The van der Waals surface area contributed by atoms with E-state index >= 15 is 0 Å². The van der Waals surface area contributed by atoms with Gasteiger partial charge in [0.1, 0.15) is 5.82 Å². The number of benzene rings is 2. The summed E-state index contributed by atoms with van der Waals surface area (Å²) < 4.78 is 13.9. The lowest BCUT2D eigenvalue weighted by Gasteiger charge is -2.38. The molecule has 132 valence electrons. The molecule has 0 radical (unpaired) electrons. The van der Waals surface area contributed by atoms with Gasteiger partial charge in [0.15, 0.2) is 0 Å². The summed E-state index contributed by atoms with van der Waals surface area (Å²) in [7, 11) is 0. The van der Waals surface area contributed by atoms with Gasteiger partial charge in [-0.05, 0) is 50.5 Å². The zero-order valence-electron chi connectivity index (χ0n) is 14.7. The molecule has 1 fully saturated rings. The minimum atomic E-state index is -0.784. The van der Waals surface area contributed by atoms with Gasteiger partial charge in [-0.1, -0.05) is 30.3 Å². The number of aliphatic hydroxyl groups is 1. The third-order valence-corrected chi connectivity index (χ3v) is 5.02. The standard InChI is InChI=1S/C21H24FNO2/c1-21(2,25)17-6-5-13-23(14-17)20(24)16-11-9-15(10-12-16)18-7-3-4-8-19(18)22/h3-4,7-12,17,25H,5-6,13-14H2,1-2H3. The van der Waals surface area contributed by atoms with Crippen LogP contribution in [0.3, 0.4) is 0 Å². The molecule has 1 atom stereocenters. The van der Waals surface area contributed by atoms with Crippen molar-refractivity contribution >= 4 is 5.91 Å². The van der Waals surface area contributed by atoms with E-state index in [4.69, 9.17) is 0 Å². The molecule has 1 N–H and O–H groups in total. The maximum absolute atomic E-state index is 13.9. The number of hydrogen-bond donors (Lipinski definition) is 1. The molecule has 4 heteroatoms. The fourth-order valence-electron chi connectivity index (χ4n) is 3.41. The van der Waals surface area contributed by atoms with Crippen molar-refractivity contribution in [2.75, 3.05) is 13.1 Å². The van der Waals surface area contributed by atoms with Crippen molar-refractivity contribution in [1.82, 2.24) is 4.90 Å². The van der Waals surface area contributed by atoms with E-state index in [2.05, 4.69) is 0 Å². The van der Waals surface area contributed by atoms with E-state index in [1.165, 1.54) is 6.07 Å². The zero-order valence-corrected chi connectivity index (χ0v) is 14.7. The Kier molecular flexibility index (Phi) is 4.91. The van der Waals surface area contributed by atoms with Crippen LogP contribution in [0.25, 0.3) is 11.1 Å². The predicted molar refractivity (Wildman–Crippen MR) is 96.8 cm³/mol. The van der Waals surface area contributed by atoms with Gasteiger partial charge in [-0.3, -0.25) is 4.79 Å². The monoisotopic (exact) mass is 341 g/mol. The van der Waals surface area contributed by atoms with Crippen LogP contribution < -0.4 is 0 Å². The highest BCUT2D eigenvalue weighted by molar-refractivity contribution is 5.94. The summed E-state index contributed by atoms with van der Waals surface area (Å²) in [5.41, 5.74) is 1.09. The van der Waals surface area contributed by atoms with Crippen LogP contribution in [0.4, 0.5) is 4.39 Å². The van der Waals surface area contributed by atoms with E-state index in [-0.39, 0.29) is 17.6 Å². The number of piperidine rings is 1. The number of likely N-dealkylation sites (tertiary alicyclic amines) is 1. The first-order chi connectivity index (χ1) is 11.9. The van der Waals surface area contributed by atoms with Crippen LogP contribution in [0.5, 0.6) is 0 Å². The Balaban J connectivity index is 1.76. The van der Waals surface area contributed by atoms with E-state index in [9.17, 15) is 14.3 Å². The molecule has 1 aliphatic rings. The second kappa shape index (κ2) is 6.96. The van der Waals surface area contributed by atoms with E-state index in [1.54, 1.807) is 56.3 Å². The summed E-state index contributed by atoms with van der Waals surface area (Å²) in [4.78, 5) is 14.6. The first kappa shape index (κ1) is 17.6. The minimum Gasteiger partial charge on any atom is -0.390 e. The molecule has 1 heterocycles. The van der Waals surface area contributed by atoms with Gasteiger partial charge in [0, 0.05) is 30.1 Å². The van der Waals surface area contributed by atoms with Crippen LogP contribution in [0.15, 0.2) is 48.5 Å². The van der Waals surface area contributed by atoms with Crippen LogP contribution in [0.2, 0.25) is 0 Å². The topological polar surface area (TPSA) is 40.5 Å². The number of halogens is 1. The quantitative estimate of drug-likeness (QED) is 0.912. The van der Waals surface area contributed by atoms with Crippen molar-refractivity contribution in [3.05, 3.63) is 59.9 Å². The number of amides is 1. The highest BCUT2D eigenvalue weighted by Gasteiger charge is 2.33. The largest absolute Gasteiger partial charge is 0.390 e. The lowest BCUT2D eigenvalue weighted by molar-refractivity contribution is -0.0146. The van der Waals surface area contributed by atoms with Crippen molar-refractivity contribution in [2.24, 2.45) is 5.92 Å². The van der Waals surface area contributed by atoms with Crippen LogP contribution in [0.1, 0.15) is 37.0 Å². The smallest absolute Gasteiger partial charge is 0.253 e. The maximum Gasteiger partial charge on any atom is 0.253 e. The van der Waals surface area contributed by atoms with Gasteiger partial charge >= 0.3 is 0 Å². The summed E-state index contributed by atoms with van der Waals surface area (Å²) in [6.07, 6.45) is 1.83. The fourth-order valence-corrected chi connectivity index (χ4v) is 3.41. The molecular weight excluding hydrogens is 317 g/mol. The lowest BCUT2D eigenvalue weighted by atomic mass is 9.84. The van der Waals surface area contributed by atoms with Crippen molar-refractivity contribution in [2.45, 2.75) is 32.3 Å². The van der Waals surface area contributed by atoms with E-state index < -0.39 is 5.60 Å². The zero-order chi connectivity index (χ0) is 18.0. The van der Waals surface area contributed by atoms with E-state index in [0.29, 0.717) is 24.2 Å². The highest BCUT2D eigenvalue weighted by atomic mass is 19.1. The second-order valence-electron chi connectivity index (χ2n) is 7.30. The first-order valence-electron chi connectivity index (χ1n) is 8.73. The molecule has 0 spiro atoms. The summed E-state index contributed by atoms with van der Waals surface area (Å²) in [5.74, 6) is -0.220. The minimum absolute atomic E-state index is 0.0333. The Morgan fingerprint density at radius 2 is 1.84 bits per heavy atom. The van der Waals surface area contributed by atoms with Gasteiger partial charge in [0.25, 0.3) is 5.91 Å². The van der Waals surface area contributed by atoms with Crippen LogP contribution in [-0.4, -0.2) is 34.6 Å². The SMILES string of the molecule is CC(C)(O)C1CCCN(C(=O)c2ccc(-c3ccccc3F)cc2)C1. The second-order valence-corrected chi connectivity index (χ2v) is 7.30. The van der Waals surface area contributed by atoms with Crippen molar-refractivity contribution in [1.29, 1.82) is 0 Å². The third kappa shape index (κ3) is 3.90. The molecule has 1 saturated heterocycles. The Bertz CT molecular complexity index is 749. The van der Waals surface area contributed by atoms with Gasteiger partial charge in [-0.15, -0.1) is 0 Å². The van der Waals surface area contributed by atoms with Gasteiger partial charge < -0.3 is 10.0 Å². The Morgan fingerprint density at radius 1 is 1.16 bits per heavy atom. The van der Waals surface area contributed by atoms with E-state index in [1.807, 2.05) is 4.90 Å². The maximum atomic E-state index is 13.9. The molecule has 25 heavy (non-hydrogen) atoms. The number of hydrogen-bond acceptors (Lipinski definition) is 2. The van der Waals surface area contributed by atoms with Crippen molar-refractivity contribution in [3.63, 3.8) is 0 Å². The lowest BCUT2D eigenvalue weighted by Crippen LogP contribution is -2.46. The molecule has 0 aromatic heterocycles. The number of carbonyl (C=O) groups is 1. The molecule has 1 aliphatic heterocycles. The average Bonchev–Trinajstić information content (AvgIpc) is 2.61. The molecule has 1 amide bonds. The van der Waals surface area contributed by atoms with Gasteiger partial charge in [0.05, 0.1) is 5.60 Å². The molecule has 0 saturated carbocycles. The summed E-state index contributed by atoms with van der Waals surface area (Å²) in [6, 6.07) is 13.7. The normalized spacial score (nSPS) is 18.2. The number of carbonyl (C=O) groups excluding carboxylic acids is 1. The highest BCUT2D eigenvalue weighted by Crippen LogP contribution is 2.28. The van der Waals surface area contributed by atoms with Crippen LogP contribution in [-0.2, 0) is 0 Å². The molecular formula is C21H24FNO2. The summed E-state index contributed by atoms with van der Waals surface area (Å²) in [6.45, 7) is 4.88. The number of nitrogens with zero attached hydrogens (tertiary/aromatic N) is 1. The molecule has 3 nitrogen and oxygen atoms in total. The predicted octanol–water partition coefficient (Wildman–Crippen LogP) is 4.12. The Morgan fingerprint density at radius 3 is 2.48 bits per heavy atom. The van der Waals surface area contributed by atoms with Crippen LogP contribution in [0, 0.1) is 11.7 Å².